The van der Waals surface area contributed by atoms with E-state index in [0.29, 0.717) is 0 Å². The van der Waals surface area contributed by atoms with Gasteiger partial charge in [-0.15, -0.1) is 11.6 Å². The number of esters is 1. The topological polar surface area (TPSA) is 59.2 Å². The van der Waals surface area contributed by atoms with Crippen LogP contribution in [-0.2, 0) is 21.8 Å². The minimum Gasteiger partial charge on any atom is -0.466 e. The van der Waals surface area contributed by atoms with Crippen LogP contribution in [0.4, 0.5) is 8.78 Å². The van der Waals surface area contributed by atoms with E-state index in [0.717, 1.165) is 6.07 Å². The standard InChI is InChI=1S/C11H12ClF2NO3/c1-2-18-9(17)4-6-3-8(16)15-10(11(13)14)7(6)5-12/h3,11H,2,4-5H2,1H3,(H,15,16). The van der Waals surface area contributed by atoms with Crippen LogP contribution in [0.2, 0.25) is 0 Å². The van der Waals surface area contributed by atoms with Gasteiger partial charge in [0.1, 0.15) is 0 Å². The third kappa shape index (κ3) is 3.53. The second kappa shape index (κ2) is 6.49. The Hall–Kier alpha value is -1.43. The second-order valence-corrected chi connectivity index (χ2v) is 3.73. The molecule has 100 valence electrons. The van der Waals surface area contributed by atoms with Crippen LogP contribution in [0.5, 0.6) is 0 Å². The first-order valence-electron chi connectivity index (χ1n) is 5.24. The van der Waals surface area contributed by atoms with Crippen molar-refractivity contribution >= 4 is 17.6 Å². The van der Waals surface area contributed by atoms with Gasteiger partial charge in [0, 0.05) is 11.9 Å². The molecule has 1 N–H and O–H groups in total. The van der Waals surface area contributed by atoms with Crippen LogP contribution in [0, 0.1) is 0 Å². The molecule has 18 heavy (non-hydrogen) atoms. The molecular weight excluding hydrogens is 268 g/mol. The van der Waals surface area contributed by atoms with Gasteiger partial charge in [0.15, 0.2) is 0 Å². The van der Waals surface area contributed by atoms with E-state index in [9.17, 15) is 18.4 Å². The number of aromatic amines is 1. The Morgan fingerprint density at radius 3 is 2.72 bits per heavy atom. The molecule has 0 radical (unpaired) electrons. The molecule has 1 aromatic rings. The van der Waals surface area contributed by atoms with Crippen molar-refractivity contribution in [2.75, 3.05) is 6.61 Å². The van der Waals surface area contributed by atoms with Gasteiger partial charge >= 0.3 is 5.97 Å². The van der Waals surface area contributed by atoms with Gasteiger partial charge in [-0.25, -0.2) is 8.78 Å². The maximum atomic E-state index is 12.7. The van der Waals surface area contributed by atoms with Gasteiger partial charge in [-0.2, -0.15) is 0 Å². The van der Waals surface area contributed by atoms with Gasteiger partial charge in [-0.3, -0.25) is 9.59 Å². The van der Waals surface area contributed by atoms with E-state index in [4.69, 9.17) is 16.3 Å². The van der Waals surface area contributed by atoms with E-state index in [1.165, 1.54) is 0 Å². The number of carbonyl (C=O) groups excluding carboxylic acids is 1. The van der Waals surface area contributed by atoms with Crippen molar-refractivity contribution in [2.24, 2.45) is 0 Å². The molecule has 0 bridgehead atoms. The number of halogens is 3. The second-order valence-electron chi connectivity index (χ2n) is 3.47. The number of ether oxygens (including phenoxy) is 1. The molecule has 0 aliphatic heterocycles. The molecule has 0 saturated heterocycles. The minimum atomic E-state index is -2.85. The minimum absolute atomic E-state index is 0.0688. The van der Waals surface area contributed by atoms with Crippen molar-refractivity contribution in [2.45, 2.75) is 25.7 Å². The summed E-state index contributed by atoms with van der Waals surface area (Å²) >= 11 is 5.59. The van der Waals surface area contributed by atoms with Crippen LogP contribution in [0.1, 0.15) is 30.2 Å². The van der Waals surface area contributed by atoms with Crippen LogP contribution in [-0.4, -0.2) is 17.6 Å². The number of pyridine rings is 1. The number of carbonyl (C=O) groups is 1. The maximum Gasteiger partial charge on any atom is 0.310 e. The number of rotatable bonds is 5. The smallest absolute Gasteiger partial charge is 0.310 e. The normalized spacial score (nSPS) is 10.7. The molecule has 4 nitrogen and oxygen atoms in total. The molecule has 1 rings (SSSR count). The number of hydrogen-bond acceptors (Lipinski definition) is 3. The van der Waals surface area contributed by atoms with Crippen molar-refractivity contribution in [3.05, 3.63) is 33.2 Å². The highest BCUT2D eigenvalue weighted by Gasteiger charge is 2.19. The number of nitrogens with one attached hydrogen (secondary N) is 1. The van der Waals surface area contributed by atoms with Crippen LogP contribution in [0.25, 0.3) is 0 Å². The predicted octanol–water partition coefficient (Wildman–Crippen LogP) is 2.16. The molecule has 0 aliphatic carbocycles. The summed E-state index contributed by atoms with van der Waals surface area (Å²) in [7, 11) is 0. The SMILES string of the molecule is CCOC(=O)Cc1cc(=O)[nH]c(C(F)F)c1CCl. The first-order valence-corrected chi connectivity index (χ1v) is 5.77. The number of hydrogen-bond donors (Lipinski definition) is 1. The quantitative estimate of drug-likeness (QED) is 0.664. The summed E-state index contributed by atoms with van der Waals surface area (Å²) in [5.41, 5.74) is -1.00. The van der Waals surface area contributed by atoms with Gasteiger partial charge in [0.05, 0.1) is 18.7 Å². The molecule has 0 amide bonds. The zero-order valence-electron chi connectivity index (χ0n) is 9.63. The molecule has 0 saturated carbocycles. The van der Waals surface area contributed by atoms with Crippen molar-refractivity contribution in [3.8, 4) is 0 Å². The summed E-state index contributed by atoms with van der Waals surface area (Å²) in [5, 5.41) is 0. The van der Waals surface area contributed by atoms with Crippen molar-refractivity contribution in [1.82, 2.24) is 4.98 Å². The van der Waals surface area contributed by atoms with E-state index in [2.05, 4.69) is 0 Å². The lowest BCUT2D eigenvalue weighted by molar-refractivity contribution is -0.142. The molecular formula is C11H12ClF2NO3. The van der Waals surface area contributed by atoms with E-state index in [-0.39, 0.29) is 30.0 Å². The zero-order valence-corrected chi connectivity index (χ0v) is 10.4. The lowest BCUT2D eigenvalue weighted by atomic mass is 10.1. The summed E-state index contributed by atoms with van der Waals surface area (Å²) in [6, 6.07) is 1.08. The molecule has 0 aromatic carbocycles. The molecule has 0 atom stereocenters. The van der Waals surface area contributed by atoms with Gasteiger partial charge in [-0.05, 0) is 18.1 Å². The van der Waals surface area contributed by atoms with E-state index in [1.54, 1.807) is 6.92 Å². The Balaban J connectivity index is 3.17. The van der Waals surface area contributed by atoms with Gasteiger partial charge in [-0.1, -0.05) is 0 Å². The predicted molar refractivity (Wildman–Crippen MR) is 61.9 cm³/mol. The molecule has 7 heteroatoms. The largest absolute Gasteiger partial charge is 0.466 e. The number of aromatic nitrogens is 1. The van der Waals surface area contributed by atoms with Crippen molar-refractivity contribution < 1.29 is 18.3 Å². The lowest BCUT2D eigenvalue weighted by Crippen LogP contribution is -2.17. The Bertz CT molecular complexity index is 488. The highest BCUT2D eigenvalue weighted by atomic mass is 35.5. The third-order valence-corrected chi connectivity index (χ3v) is 2.54. The highest BCUT2D eigenvalue weighted by molar-refractivity contribution is 6.17. The van der Waals surface area contributed by atoms with Gasteiger partial charge in [0.2, 0.25) is 5.56 Å². The molecule has 1 heterocycles. The Kier molecular flexibility index (Phi) is 5.27. The van der Waals surface area contributed by atoms with Crippen molar-refractivity contribution in [3.63, 3.8) is 0 Å². The average Bonchev–Trinajstić information content (AvgIpc) is 2.28. The first-order chi connectivity index (χ1) is 8.49. The highest BCUT2D eigenvalue weighted by Crippen LogP contribution is 2.24. The molecule has 1 aromatic heterocycles. The fourth-order valence-electron chi connectivity index (χ4n) is 1.53. The fourth-order valence-corrected chi connectivity index (χ4v) is 1.85. The van der Waals surface area contributed by atoms with Gasteiger partial charge in [0.25, 0.3) is 6.43 Å². The van der Waals surface area contributed by atoms with Crippen LogP contribution >= 0.6 is 11.6 Å². The lowest BCUT2D eigenvalue weighted by Gasteiger charge is -2.11. The Morgan fingerprint density at radius 1 is 1.56 bits per heavy atom. The van der Waals surface area contributed by atoms with E-state index in [1.807, 2.05) is 4.98 Å². The monoisotopic (exact) mass is 279 g/mol. The third-order valence-electron chi connectivity index (χ3n) is 2.27. The molecule has 0 aliphatic rings. The zero-order chi connectivity index (χ0) is 13.7. The summed E-state index contributed by atoms with van der Waals surface area (Å²) in [6.07, 6.45) is -3.10. The van der Waals surface area contributed by atoms with Crippen LogP contribution in [0.15, 0.2) is 10.9 Å². The number of alkyl halides is 3. The summed E-state index contributed by atoms with van der Waals surface area (Å²) in [4.78, 5) is 24.6. The molecule has 0 spiro atoms. The van der Waals surface area contributed by atoms with Crippen LogP contribution in [0.3, 0.4) is 0 Å². The Labute approximate surface area is 107 Å². The average molecular weight is 280 g/mol. The van der Waals surface area contributed by atoms with E-state index >= 15 is 0 Å². The first kappa shape index (κ1) is 14.6. The van der Waals surface area contributed by atoms with Crippen molar-refractivity contribution in [1.29, 1.82) is 0 Å². The number of H-pyrrole nitrogens is 1. The summed E-state index contributed by atoms with van der Waals surface area (Å²) in [6.45, 7) is 1.81. The summed E-state index contributed by atoms with van der Waals surface area (Å²) in [5.74, 6) is -0.805. The fraction of sp³-hybridized carbons (Fsp3) is 0.455. The van der Waals surface area contributed by atoms with Gasteiger partial charge < -0.3 is 9.72 Å². The van der Waals surface area contributed by atoms with E-state index < -0.39 is 23.6 Å². The van der Waals surface area contributed by atoms with Crippen LogP contribution < -0.4 is 5.56 Å². The summed E-state index contributed by atoms with van der Waals surface area (Å²) < 4.78 is 30.1. The Morgan fingerprint density at radius 2 is 2.22 bits per heavy atom. The molecule has 0 unspecified atom stereocenters. The molecule has 0 fully saturated rings. The maximum absolute atomic E-state index is 12.7.